The van der Waals surface area contributed by atoms with Crippen molar-refractivity contribution in [2.75, 3.05) is 0 Å². The molecule has 0 bridgehead atoms. The minimum atomic E-state index is -4.69. The number of sulfonamides is 1. The van der Waals surface area contributed by atoms with Gasteiger partial charge in [0.1, 0.15) is 16.3 Å². The number of rotatable bonds is 4. The van der Waals surface area contributed by atoms with Gasteiger partial charge >= 0.3 is 6.18 Å². The van der Waals surface area contributed by atoms with Crippen LogP contribution in [0.3, 0.4) is 0 Å². The van der Waals surface area contributed by atoms with Crippen LogP contribution in [0.25, 0.3) is 0 Å². The zero-order valence-electron chi connectivity index (χ0n) is 10.4. The van der Waals surface area contributed by atoms with Gasteiger partial charge in [-0.3, -0.25) is 0 Å². The quantitative estimate of drug-likeness (QED) is 0.647. The Balaban J connectivity index is 2.38. The van der Waals surface area contributed by atoms with E-state index in [0.717, 1.165) is 18.2 Å². The van der Waals surface area contributed by atoms with Crippen molar-refractivity contribution < 1.29 is 26.0 Å². The highest BCUT2D eigenvalue weighted by atomic mass is 32.2. The van der Waals surface area contributed by atoms with E-state index in [-0.39, 0.29) is 23.4 Å². The molecule has 4 nitrogen and oxygen atoms in total. The summed E-state index contributed by atoms with van der Waals surface area (Å²) >= 11 is 4.56. The van der Waals surface area contributed by atoms with Gasteiger partial charge in [0.15, 0.2) is 0 Å². The molecule has 1 saturated carbocycles. The molecule has 1 fully saturated rings. The zero-order valence-corrected chi connectivity index (χ0v) is 12.0. The number of halogens is 4. The molecule has 3 N–H and O–H groups in total. The first kappa shape index (κ1) is 16.1. The fraction of sp³-hybridized carbons (Fsp3) is 0.364. The Morgan fingerprint density at radius 2 is 1.90 bits per heavy atom. The largest absolute Gasteiger partial charge is 0.407 e. The van der Waals surface area contributed by atoms with Crippen molar-refractivity contribution in [2.24, 2.45) is 5.73 Å². The molecule has 1 aliphatic rings. The molecular formula is C11H10F4N2O2S2. The Morgan fingerprint density at radius 3 is 2.33 bits per heavy atom. The molecule has 2 rings (SSSR count). The average Bonchev–Trinajstić information content (AvgIpc) is 3.08. The van der Waals surface area contributed by atoms with E-state index in [4.69, 9.17) is 5.73 Å². The fourth-order valence-corrected chi connectivity index (χ4v) is 3.37. The van der Waals surface area contributed by atoms with E-state index in [1.54, 1.807) is 4.72 Å². The van der Waals surface area contributed by atoms with Crippen LogP contribution in [0.2, 0.25) is 0 Å². The SMILES string of the molecule is NC(=S)c1cc(S(=O)(=O)NC2(C(F)(F)F)CC2)ccc1F. The van der Waals surface area contributed by atoms with Crippen molar-refractivity contribution >= 4 is 27.2 Å². The van der Waals surface area contributed by atoms with Crippen LogP contribution in [0.1, 0.15) is 18.4 Å². The molecule has 10 heteroatoms. The maximum atomic E-state index is 13.4. The summed E-state index contributed by atoms with van der Waals surface area (Å²) in [6.45, 7) is 0. The van der Waals surface area contributed by atoms with Crippen LogP contribution in [0.5, 0.6) is 0 Å². The number of nitrogens with two attached hydrogens (primary N) is 1. The zero-order chi connectivity index (χ0) is 16.1. The van der Waals surface area contributed by atoms with Crippen molar-refractivity contribution in [1.29, 1.82) is 0 Å². The van der Waals surface area contributed by atoms with Gasteiger partial charge in [-0.15, -0.1) is 0 Å². The van der Waals surface area contributed by atoms with E-state index in [2.05, 4.69) is 12.2 Å². The van der Waals surface area contributed by atoms with Gasteiger partial charge in [-0.1, -0.05) is 12.2 Å². The first-order valence-corrected chi connectivity index (χ1v) is 7.58. The van der Waals surface area contributed by atoms with Crippen molar-refractivity contribution in [3.8, 4) is 0 Å². The van der Waals surface area contributed by atoms with Crippen LogP contribution in [-0.2, 0) is 10.0 Å². The standard InChI is InChI=1S/C11H10F4N2O2S2/c12-8-2-1-6(5-7(8)9(16)20)21(18,19)17-10(3-4-10)11(13,14)15/h1-2,5,17H,3-4H2,(H2,16,20). The summed E-state index contributed by atoms with van der Waals surface area (Å²) in [5, 5.41) is 0. The minimum Gasteiger partial charge on any atom is -0.389 e. The van der Waals surface area contributed by atoms with Gasteiger partial charge in [-0.05, 0) is 31.0 Å². The summed E-state index contributed by atoms with van der Waals surface area (Å²) in [6.07, 6.45) is -5.36. The maximum Gasteiger partial charge on any atom is 0.407 e. The third-order valence-electron chi connectivity index (χ3n) is 3.14. The Kier molecular flexibility index (Phi) is 3.75. The van der Waals surface area contributed by atoms with Crippen molar-refractivity contribution in [2.45, 2.75) is 29.5 Å². The highest BCUT2D eigenvalue weighted by Crippen LogP contribution is 2.49. The molecule has 0 atom stereocenters. The van der Waals surface area contributed by atoms with Crippen LogP contribution in [0.15, 0.2) is 23.1 Å². The number of nitrogens with one attached hydrogen (secondary N) is 1. The molecule has 116 valence electrons. The molecule has 0 aromatic heterocycles. The maximum absolute atomic E-state index is 13.4. The molecule has 0 radical (unpaired) electrons. The molecule has 1 aliphatic carbocycles. The molecule has 0 aliphatic heterocycles. The van der Waals surface area contributed by atoms with E-state index in [1.807, 2.05) is 0 Å². The van der Waals surface area contributed by atoms with Gasteiger partial charge < -0.3 is 5.73 Å². The lowest BCUT2D eigenvalue weighted by molar-refractivity contribution is -0.160. The topological polar surface area (TPSA) is 72.2 Å². The number of alkyl halides is 3. The van der Waals surface area contributed by atoms with E-state index in [1.165, 1.54) is 0 Å². The van der Waals surface area contributed by atoms with Crippen LogP contribution in [0.4, 0.5) is 17.6 Å². The Bertz CT molecular complexity index is 697. The lowest BCUT2D eigenvalue weighted by Crippen LogP contribution is -2.47. The molecule has 0 saturated heterocycles. The van der Waals surface area contributed by atoms with Crippen molar-refractivity contribution in [3.05, 3.63) is 29.6 Å². The molecule has 0 spiro atoms. The highest BCUT2D eigenvalue weighted by Gasteiger charge is 2.65. The lowest BCUT2D eigenvalue weighted by Gasteiger charge is -2.20. The van der Waals surface area contributed by atoms with E-state index in [0.29, 0.717) is 0 Å². The van der Waals surface area contributed by atoms with Crippen LogP contribution >= 0.6 is 12.2 Å². The third-order valence-corrected chi connectivity index (χ3v) is 4.89. The normalized spacial score (nSPS) is 17.5. The Labute approximate surface area is 123 Å². The van der Waals surface area contributed by atoms with Crippen LogP contribution in [0, 0.1) is 5.82 Å². The lowest BCUT2D eigenvalue weighted by atomic mass is 10.2. The molecule has 21 heavy (non-hydrogen) atoms. The van der Waals surface area contributed by atoms with Crippen molar-refractivity contribution in [3.63, 3.8) is 0 Å². The first-order valence-electron chi connectivity index (χ1n) is 5.69. The minimum absolute atomic E-state index is 0.334. The molecule has 1 aromatic carbocycles. The van der Waals surface area contributed by atoms with E-state index in [9.17, 15) is 26.0 Å². The fourth-order valence-electron chi connectivity index (χ4n) is 1.74. The van der Waals surface area contributed by atoms with Gasteiger partial charge in [0, 0.05) is 5.56 Å². The van der Waals surface area contributed by atoms with Gasteiger partial charge in [0.05, 0.1) is 4.90 Å². The molecule has 0 heterocycles. The predicted molar refractivity (Wildman–Crippen MR) is 70.6 cm³/mol. The third kappa shape index (κ3) is 3.01. The predicted octanol–water partition coefficient (Wildman–Crippen LogP) is 1.83. The molecular weight excluding hydrogens is 332 g/mol. The second-order valence-corrected chi connectivity index (χ2v) is 6.81. The summed E-state index contributed by atoms with van der Waals surface area (Å²) in [5.74, 6) is -0.849. The van der Waals surface area contributed by atoms with E-state index >= 15 is 0 Å². The van der Waals surface area contributed by atoms with Gasteiger partial charge in [-0.25, -0.2) is 12.8 Å². The van der Waals surface area contributed by atoms with E-state index < -0.39 is 32.5 Å². The second kappa shape index (κ2) is 4.89. The number of benzene rings is 1. The Morgan fingerprint density at radius 1 is 1.33 bits per heavy atom. The van der Waals surface area contributed by atoms with Gasteiger partial charge in [0.2, 0.25) is 10.0 Å². The monoisotopic (exact) mass is 342 g/mol. The summed E-state index contributed by atoms with van der Waals surface area (Å²) < 4.78 is 77.4. The van der Waals surface area contributed by atoms with Crippen LogP contribution < -0.4 is 10.5 Å². The average molecular weight is 342 g/mol. The number of thiocarbonyl (C=S) groups is 1. The Hall–Kier alpha value is -1.26. The smallest absolute Gasteiger partial charge is 0.389 e. The van der Waals surface area contributed by atoms with Crippen LogP contribution in [-0.4, -0.2) is 25.1 Å². The first-order chi connectivity index (χ1) is 9.48. The molecule has 0 unspecified atom stereocenters. The van der Waals surface area contributed by atoms with Gasteiger partial charge in [-0.2, -0.15) is 17.9 Å². The molecule has 0 amide bonds. The second-order valence-electron chi connectivity index (χ2n) is 4.69. The highest BCUT2D eigenvalue weighted by molar-refractivity contribution is 7.89. The molecule has 1 aromatic rings. The summed E-state index contributed by atoms with van der Waals surface area (Å²) in [6, 6.07) is 2.45. The summed E-state index contributed by atoms with van der Waals surface area (Å²) in [4.78, 5) is -0.913. The summed E-state index contributed by atoms with van der Waals surface area (Å²) in [7, 11) is -4.46. The van der Waals surface area contributed by atoms with Crippen molar-refractivity contribution in [1.82, 2.24) is 4.72 Å². The summed E-state index contributed by atoms with van der Waals surface area (Å²) in [5.41, 5.74) is 2.45. The van der Waals surface area contributed by atoms with Gasteiger partial charge in [0.25, 0.3) is 0 Å². The number of hydrogen-bond donors (Lipinski definition) is 2. The number of hydrogen-bond acceptors (Lipinski definition) is 3.